The third-order valence-electron chi connectivity index (χ3n) is 4.62. The van der Waals surface area contributed by atoms with Crippen LogP contribution in [-0.4, -0.2) is 43.9 Å². The number of piperidine rings is 1. The zero-order valence-corrected chi connectivity index (χ0v) is 16.2. The molecule has 0 saturated carbocycles. The first-order valence-corrected chi connectivity index (χ1v) is 11.2. The summed E-state index contributed by atoms with van der Waals surface area (Å²) in [6.07, 6.45) is 1.55. The predicted octanol–water partition coefficient (Wildman–Crippen LogP) is 2.86. The number of amides is 1. The van der Waals surface area contributed by atoms with Crippen LogP contribution in [0.1, 0.15) is 47.5 Å². The summed E-state index contributed by atoms with van der Waals surface area (Å²) in [4.78, 5) is 22.3. The number of nitrogens with one attached hydrogen (secondary N) is 2. The van der Waals surface area contributed by atoms with Gasteiger partial charge in [0.25, 0.3) is 0 Å². The Bertz CT molecular complexity index is 386. The number of carbonyl (C=O) groups excluding carboxylic acids is 1. The molecule has 1 unspecified atom stereocenters. The topological polar surface area (TPSA) is 70.6 Å². The van der Waals surface area contributed by atoms with Gasteiger partial charge in [0.1, 0.15) is 5.60 Å². The van der Waals surface area contributed by atoms with Crippen molar-refractivity contribution in [1.82, 2.24) is 10.6 Å². The van der Waals surface area contributed by atoms with E-state index in [0.29, 0.717) is 5.92 Å². The van der Waals surface area contributed by atoms with Crippen LogP contribution in [0.2, 0.25) is 18.1 Å². The van der Waals surface area contributed by atoms with E-state index in [4.69, 9.17) is 4.74 Å². The minimum atomic E-state index is -2.19. The van der Waals surface area contributed by atoms with Crippen molar-refractivity contribution < 1.29 is 14.3 Å². The largest absolute Gasteiger partial charge is 0.444 e. The lowest BCUT2D eigenvalue weighted by atomic mass is 9.88. The highest BCUT2D eigenvalue weighted by atomic mass is 28.4. The summed E-state index contributed by atoms with van der Waals surface area (Å²) in [5.41, 5.74) is -0.472. The normalized spacial score (nSPS) is 24.0. The van der Waals surface area contributed by atoms with Crippen molar-refractivity contribution in [2.45, 2.75) is 77.2 Å². The maximum Gasteiger partial charge on any atom is 0.407 e. The van der Waals surface area contributed by atoms with E-state index >= 15 is 0 Å². The molecule has 1 heterocycles. The van der Waals surface area contributed by atoms with Gasteiger partial charge in [0.2, 0.25) is 0 Å². The van der Waals surface area contributed by atoms with Gasteiger partial charge < -0.3 is 20.2 Å². The molecule has 1 fully saturated rings. The predicted molar refractivity (Wildman–Crippen MR) is 92.5 cm³/mol. The van der Waals surface area contributed by atoms with Gasteiger partial charge in [-0.05, 0) is 64.2 Å². The summed E-state index contributed by atoms with van der Waals surface area (Å²) in [5.74, 6) is 0.461. The van der Waals surface area contributed by atoms with E-state index < -0.39 is 13.9 Å². The van der Waals surface area contributed by atoms with Crippen LogP contribution in [0.25, 0.3) is 0 Å². The Morgan fingerprint density at radius 1 is 1.27 bits per heavy atom. The summed E-state index contributed by atoms with van der Waals surface area (Å²) < 4.78 is 5.32. The van der Waals surface area contributed by atoms with Gasteiger partial charge in [-0.2, -0.15) is 0 Å². The van der Waals surface area contributed by atoms with Crippen molar-refractivity contribution in [2.75, 3.05) is 13.1 Å². The molecule has 22 heavy (non-hydrogen) atoms. The Labute approximate surface area is 136 Å². The third-order valence-corrected chi connectivity index (χ3v) is 8.13. The molecule has 1 rings (SSSR count). The smallest absolute Gasteiger partial charge is 0.407 e. The van der Waals surface area contributed by atoms with Gasteiger partial charge in [0.15, 0.2) is 8.32 Å². The lowest BCUT2D eigenvalue weighted by Gasteiger charge is -2.40. The molecule has 6 heteroatoms. The lowest BCUT2D eigenvalue weighted by molar-refractivity contribution is 0.0488. The van der Waals surface area contributed by atoms with Crippen LogP contribution in [0.3, 0.4) is 0 Å². The summed E-state index contributed by atoms with van der Waals surface area (Å²) >= 11 is 0. The second-order valence-electron chi connectivity index (χ2n) is 8.75. The fraction of sp³-hybridized carbons (Fsp3) is 0.938. The molecule has 1 aliphatic rings. The van der Waals surface area contributed by atoms with E-state index in [1.54, 1.807) is 0 Å². The third kappa shape index (κ3) is 6.26. The Hall–Kier alpha value is -0.593. The maximum atomic E-state index is 11.9. The average Bonchev–Trinajstić information content (AvgIpc) is 2.23. The molecule has 0 aromatic heterocycles. The van der Waals surface area contributed by atoms with Gasteiger partial charge in [0.05, 0.1) is 0 Å². The molecule has 3 N–H and O–H groups in total. The van der Waals surface area contributed by atoms with Crippen LogP contribution in [0.15, 0.2) is 0 Å². The van der Waals surface area contributed by atoms with E-state index in [9.17, 15) is 9.59 Å². The van der Waals surface area contributed by atoms with E-state index in [1.165, 1.54) is 0 Å². The molecular formula is C16H34N2O3Si. The van der Waals surface area contributed by atoms with Gasteiger partial charge in [0, 0.05) is 12.6 Å². The van der Waals surface area contributed by atoms with Crippen LogP contribution >= 0.6 is 0 Å². The number of ether oxygens (including phenoxy) is 1. The SMILES string of the molecule is CC(C)(C)OC(=O)N[C@H]1CNCC(CC(C)(C)[Si](C)(C)O)C1. The summed E-state index contributed by atoms with van der Waals surface area (Å²) in [6, 6.07) is 0.0906. The van der Waals surface area contributed by atoms with Crippen molar-refractivity contribution >= 4 is 14.4 Å². The van der Waals surface area contributed by atoms with Crippen LogP contribution < -0.4 is 10.6 Å². The van der Waals surface area contributed by atoms with Crippen LogP contribution in [-0.2, 0) is 4.74 Å². The van der Waals surface area contributed by atoms with Gasteiger partial charge in [-0.3, -0.25) is 0 Å². The Kier molecular flexibility index (Phi) is 6.09. The summed E-state index contributed by atoms with van der Waals surface area (Å²) in [6.45, 7) is 15.6. The standard InChI is InChI=1S/C16H34N2O3Si/c1-15(2,3)21-14(19)18-13-8-12(10-17-11-13)9-16(4,5)22(6,7)20/h12-13,17,20H,8-11H2,1-7H3,(H,18,19)/t12?,13-/m1/s1. The zero-order chi connectivity index (χ0) is 17.2. The van der Waals surface area contributed by atoms with Crippen molar-refractivity contribution in [3.8, 4) is 0 Å². The van der Waals surface area contributed by atoms with E-state index in [1.807, 2.05) is 33.9 Å². The number of alkyl carbamates (subject to hydrolysis) is 1. The molecule has 1 amide bonds. The molecule has 0 bridgehead atoms. The fourth-order valence-electron chi connectivity index (χ4n) is 2.74. The molecule has 0 radical (unpaired) electrons. The van der Waals surface area contributed by atoms with Crippen LogP contribution in [0.4, 0.5) is 4.79 Å². The number of rotatable bonds is 4. The average molecular weight is 331 g/mol. The van der Waals surface area contributed by atoms with Gasteiger partial charge >= 0.3 is 6.09 Å². The summed E-state index contributed by atoms with van der Waals surface area (Å²) in [7, 11) is -2.19. The Morgan fingerprint density at radius 3 is 2.36 bits per heavy atom. The molecule has 5 nitrogen and oxygen atoms in total. The minimum Gasteiger partial charge on any atom is -0.444 e. The number of hydrogen-bond acceptors (Lipinski definition) is 4. The van der Waals surface area contributed by atoms with E-state index in [-0.39, 0.29) is 17.2 Å². The molecule has 2 atom stereocenters. The first-order chi connectivity index (χ1) is 9.80. The second-order valence-corrected chi connectivity index (χ2v) is 13.2. The highest BCUT2D eigenvalue weighted by Gasteiger charge is 2.40. The second kappa shape index (κ2) is 6.89. The van der Waals surface area contributed by atoms with Gasteiger partial charge in [-0.15, -0.1) is 0 Å². The molecule has 130 valence electrons. The highest BCUT2D eigenvalue weighted by molar-refractivity contribution is 6.72. The van der Waals surface area contributed by atoms with Crippen molar-refractivity contribution in [1.29, 1.82) is 0 Å². The quantitative estimate of drug-likeness (QED) is 0.693. The number of hydrogen-bond donors (Lipinski definition) is 3. The molecular weight excluding hydrogens is 296 g/mol. The number of carbonyl (C=O) groups is 1. The molecule has 0 aliphatic carbocycles. The van der Waals surface area contributed by atoms with Crippen LogP contribution in [0.5, 0.6) is 0 Å². The highest BCUT2D eigenvalue weighted by Crippen LogP contribution is 2.42. The van der Waals surface area contributed by atoms with E-state index in [2.05, 4.69) is 24.5 Å². The van der Waals surface area contributed by atoms with Gasteiger partial charge in [-0.25, -0.2) is 4.79 Å². The van der Waals surface area contributed by atoms with Gasteiger partial charge in [-0.1, -0.05) is 13.8 Å². The summed E-state index contributed by atoms with van der Waals surface area (Å²) in [5, 5.41) is 6.31. The molecule has 1 aliphatic heterocycles. The minimum absolute atomic E-state index is 0.0346. The van der Waals surface area contributed by atoms with Crippen molar-refractivity contribution in [2.24, 2.45) is 5.92 Å². The molecule has 0 aromatic rings. The fourth-order valence-corrected chi connectivity index (χ4v) is 3.53. The first kappa shape index (κ1) is 19.5. The van der Waals surface area contributed by atoms with E-state index in [0.717, 1.165) is 25.9 Å². The Morgan fingerprint density at radius 2 is 1.86 bits per heavy atom. The molecule has 0 aromatic carbocycles. The first-order valence-electron chi connectivity index (χ1n) is 8.23. The maximum absolute atomic E-state index is 11.9. The van der Waals surface area contributed by atoms with Crippen molar-refractivity contribution in [3.05, 3.63) is 0 Å². The zero-order valence-electron chi connectivity index (χ0n) is 15.2. The Balaban J connectivity index is 2.53. The van der Waals surface area contributed by atoms with Crippen LogP contribution in [0, 0.1) is 5.92 Å². The molecule has 0 spiro atoms. The molecule has 1 saturated heterocycles. The van der Waals surface area contributed by atoms with Crippen molar-refractivity contribution in [3.63, 3.8) is 0 Å². The monoisotopic (exact) mass is 330 g/mol. The lowest BCUT2D eigenvalue weighted by Crippen LogP contribution is -2.51.